The number of unbranched alkanes of at least 4 members (excludes halogenated alkanes) is 16. The molecular weight excluding hydrogens is 653 g/mol. The van der Waals surface area contributed by atoms with Gasteiger partial charge in [-0.3, -0.25) is 19.2 Å². The Bertz CT molecular complexity index is 767. The number of hydrogen-bond acceptors (Lipinski definition) is 6. The van der Waals surface area contributed by atoms with Crippen LogP contribution in [0.2, 0.25) is 0 Å². The fourth-order valence-electron chi connectivity index (χ4n) is 4.75. The van der Waals surface area contributed by atoms with E-state index in [2.05, 4.69) is 10.6 Å². The first-order valence-electron chi connectivity index (χ1n) is 16.1. The largest absolute Gasteiger partial charge is 0.481 e. The van der Waals surface area contributed by atoms with Crippen LogP contribution in [0.15, 0.2) is 0 Å². The second-order valence-corrected chi connectivity index (χ2v) is 12.4. The van der Waals surface area contributed by atoms with E-state index in [1.54, 1.807) is 22.6 Å². The summed E-state index contributed by atoms with van der Waals surface area (Å²) in [6, 6.07) is -1.56. The summed E-state index contributed by atoms with van der Waals surface area (Å²) in [5, 5.41) is 23.3. The van der Waals surface area contributed by atoms with Crippen molar-refractivity contribution in [1.29, 1.82) is 0 Å². The van der Waals surface area contributed by atoms with Gasteiger partial charge in [0, 0.05) is 48.4 Å². The van der Waals surface area contributed by atoms with Gasteiger partial charge in [0.15, 0.2) is 0 Å². The van der Waals surface area contributed by atoms with E-state index in [1.165, 1.54) is 57.8 Å². The Morgan fingerprint density at radius 3 is 1.45 bits per heavy atom. The van der Waals surface area contributed by atoms with Gasteiger partial charge in [0.05, 0.1) is 6.04 Å². The summed E-state index contributed by atoms with van der Waals surface area (Å²) in [5.41, 5.74) is 5.67. The zero-order chi connectivity index (χ0) is 31.4. The molecule has 0 aromatic carbocycles. The van der Waals surface area contributed by atoms with E-state index in [0.29, 0.717) is 38.6 Å². The number of rotatable bonds is 30. The molecule has 0 saturated carbocycles. The molecule has 0 saturated heterocycles. The maximum atomic E-state index is 12.2. The van der Waals surface area contributed by atoms with Gasteiger partial charge in [0.25, 0.3) is 0 Å². The summed E-state index contributed by atoms with van der Waals surface area (Å²) in [7, 11) is 0. The van der Waals surface area contributed by atoms with E-state index < -0.39 is 24.0 Å². The average molecular weight is 710 g/mol. The lowest BCUT2D eigenvalue weighted by Crippen LogP contribution is -2.41. The minimum atomic E-state index is -1.14. The summed E-state index contributed by atoms with van der Waals surface area (Å²) in [4.78, 5) is 57.3. The minimum Gasteiger partial charge on any atom is -0.481 e. The Morgan fingerprint density at radius 2 is 1.02 bits per heavy atom. The van der Waals surface area contributed by atoms with Crippen molar-refractivity contribution in [1.82, 2.24) is 10.6 Å². The number of nitrogens with one attached hydrogen (secondary N) is 2. The van der Waals surface area contributed by atoms with E-state index in [1.807, 2.05) is 0 Å². The highest BCUT2D eigenvalue weighted by Crippen LogP contribution is 2.14. The molecule has 0 aromatic rings. The first-order chi connectivity index (χ1) is 20.1. The van der Waals surface area contributed by atoms with E-state index in [-0.39, 0.29) is 28.4 Å². The lowest BCUT2D eigenvalue weighted by molar-refractivity contribution is -0.142. The lowest BCUT2D eigenvalue weighted by Gasteiger charge is -2.14. The quantitative estimate of drug-likeness (QED) is 0.0342. The molecule has 0 radical (unpaired) electrons. The number of carboxylic acids is 2. The van der Waals surface area contributed by atoms with Crippen molar-refractivity contribution in [3.63, 3.8) is 0 Å². The highest BCUT2D eigenvalue weighted by atomic mass is 127. The third-order valence-electron chi connectivity index (χ3n) is 7.39. The molecule has 2 atom stereocenters. The standard InChI is InChI=1S/C31H56IN3O7/c32-30(40)25(33)19-17-18-24-34-27(36)23-22-26(31(41)42)35-28(37)20-15-13-11-9-7-5-3-1-2-4-6-8-10-12-14-16-21-29(38)39/h25-26H,1-24,33H2,(H,34,36)(H,35,37)(H,38,39)(H,41,42)/t25-,26-/m0/s1. The Hall–Kier alpha value is -1.76. The van der Waals surface area contributed by atoms with E-state index >= 15 is 0 Å². The van der Waals surface area contributed by atoms with E-state index in [9.17, 15) is 29.1 Å². The summed E-state index contributed by atoms with van der Waals surface area (Å²) in [6.07, 6.45) is 20.8. The van der Waals surface area contributed by atoms with Gasteiger partial charge in [0.2, 0.25) is 15.6 Å². The predicted octanol–water partition coefficient (Wildman–Crippen LogP) is 6.02. The molecule has 10 nitrogen and oxygen atoms in total. The summed E-state index contributed by atoms with van der Waals surface area (Å²) < 4.78 is -0.0841. The second kappa shape index (κ2) is 28.0. The van der Waals surface area contributed by atoms with Gasteiger partial charge in [-0.05, 0) is 38.5 Å². The Labute approximate surface area is 266 Å². The molecule has 0 aliphatic rings. The molecule has 0 bridgehead atoms. The molecule has 6 N–H and O–H groups in total. The van der Waals surface area contributed by atoms with Crippen LogP contribution in [-0.2, 0) is 24.0 Å². The van der Waals surface area contributed by atoms with Gasteiger partial charge >= 0.3 is 11.9 Å². The number of carbonyl (C=O) groups is 5. The molecular formula is C31H56IN3O7. The van der Waals surface area contributed by atoms with Crippen LogP contribution in [0.3, 0.4) is 0 Å². The Morgan fingerprint density at radius 1 is 0.571 bits per heavy atom. The molecule has 0 aliphatic heterocycles. The van der Waals surface area contributed by atoms with Crippen LogP contribution in [0.5, 0.6) is 0 Å². The van der Waals surface area contributed by atoms with Gasteiger partial charge in [0.1, 0.15) is 6.04 Å². The maximum Gasteiger partial charge on any atom is 0.326 e. The molecule has 0 rings (SSSR count). The van der Waals surface area contributed by atoms with E-state index in [4.69, 9.17) is 10.8 Å². The molecule has 2 amide bonds. The van der Waals surface area contributed by atoms with Gasteiger partial charge in [-0.25, -0.2) is 4.79 Å². The third kappa shape index (κ3) is 27.1. The number of hydrogen-bond donors (Lipinski definition) is 5. The van der Waals surface area contributed by atoms with Crippen LogP contribution in [0.4, 0.5) is 0 Å². The monoisotopic (exact) mass is 709 g/mol. The van der Waals surface area contributed by atoms with Crippen LogP contribution in [-0.4, -0.2) is 56.4 Å². The van der Waals surface area contributed by atoms with Crippen LogP contribution >= 0.6 is 22.6 Å². The van der Waals surface area contributed by atoms with Crippen LogP contribution in [0.25, 0.3) is 0 Å². The summed E-state index contributed by atoms with van der Waals surface area (Å²) in [5.74, 6) is -2.39. The summed E-state index contributed by atoms with van der Waals surface area (Å²) >= 11 is 1.67. The Balaban J connectivity index is 3.65. The van der Waals surface area contributed by atoms with Crippen molar-refractivity contribution in [2.45, 2.75) is 160 Å². The maximum absolute atomic E-state index is 12.2. The van der Waals surface area contributed by atoms with Crippen molar-refractivity contribution in [3.05, 3.63) is 0 Å². The van der Waals surface area contributed by atoms with Crippen LogP contribution in [0, 0.1) is 0 Å². The van der Waals surface area contributed by atoms with Gasteiger partial charge < -0.3 is 26.6 Å². The first kappa shape index (κ1) is 40.2. The fourth-order valence-corrected chi connectivity index (χ4v) is 5.07. The predicted molar refractivity (Wildman–Crippen MR) is 173 cm³/mol. The number of carboxylic acid groups (broad SMARTS) is 2. The smallest absolute Gasteiger partial charge is 0.326 e. The summed E-state index contributed by atoms with van der Waals surface area (Å²) in [6.45, 7) is 0.437. The Kier molecular flexibility index (Phi) is 26.9. The topological polar surface area (TPSA) is 176 Å². The number of carbonyl (C=O) groups excluding carboxylic acids is 3. The molecule has 0 spiro atoms. The second-order valence-electron chi connectivity index (χ2n) is 11.3. The molecule has 42 heavy (non-hydrogen) atoms. The van der Waals surface area contributed by atoms with Crippen molar-refractivity contribution in [2.75, 3.05) is 6.54 Å². The van der Waals surface area contributed by atoms with Crippen LogP contribution in [0.1, 0.15) is 148 Å². The number of nitrogens with two attached hydrogens (primary N) is 1. The molecule has 244 valence electrons. The van der Waals surface area contributed by atoms with Crippen molar-refractivity contribution >= 4 is 50.1 Å². The highest BCUT2D eigenvalue weighted by Gasteiger charge is 2.20. The number of halogens is 1. The average Bonchev–Trinajstić information content (AvgIpc) is 2.93. The van der Waals surface area contributed by atoms with E-state index in [0.717, 1.165) is 44.9 Å². The molecule has 0 fully saturated rings. The fraction of sp³-hybridized carbons (Fsp3) is 0.839. The van der Waals surface area contributed by atoms with Crippen molar-refractivity contribution in [2.24, 2.45) is 5.73 Å². The zero-order valence-electron chi connectivity index (χ0n) is 25.5. The van der Waals surface area contributed by atoms with Crippen molar-refractivity contribution < 1.29 is 34.2 Å². The van der Waals surface area contributed by atoms with Gasteiger partial charge in [-0.1, -0.05) is 89.9 Å². The highest BCUT2D eigenvalue weighted by molar-refractivity contribution is 14.1. The molecule has 11 heteroatoms. The number of aliphatic carboxylic acids is 2. The number of amides is 2. The van der Waals surface area contributed by atoms with Gasteiger partial charge in [-0.15, -0.1) is 0 Å². The van der Waals surface area contributed by atoms with Crippen LogP contribution < -0.4 is 16.4 Å². The normalized spacial score (nSPS) is 12.4. The first-order valence-corrected chi connectivity index (χ1v) is 17.2. The molecule has 0 aliphatic carbocycles. The van der Waals surface area contributed by atoms with Gasteiger partial charge in [-0.2, -0.15) is 0 Å². The van der Waals surface area contributed by atoms with Crippen molar-refractivity contribution in [3.8, 4) is 0 Å². The lowest BCUT2D eigenvalue weighted by atomic mass is 10.0. The SMILES string of the molecule is N[C@@H](CCCCNC(=O)CC[C@H](NC(=O)CCCCCCCCCCCCCCCCCCC(=O)O)C(=O)O)C(=O)I. The molecule has 0 unspecified atom stereocenters. The molecule has 0 heterocycles. The molecule has 0 aromatic heterocycles. The third-order valence-corrected chi connectivity index (χ3v) is 8.19. The minimum absolute atomic E-state index is 0.0145. The zero-order valence-corrected chi connectivity index (χ0v) is 27.7.